The first kappa shape index (κ1) is 103. The minimum absolute atomic E-state index is 0.0102. The Morgan fingerprint density at radius 1 is 0.374 bits per heavy atom. The van der Waals surface area contributed by atoms with Crippen molar-refractivity contribution < 1.29 is 62.5 Å². The zero-order valence-electron chi connectivity index (χ0n) is 80.4. The molecule has 35 nitrogen and oxygen atoms in total. The van der Waals surface area contributed by atoms with Gasteiger partial charge in [0, 0.05) is 72.0 Å². The molecule has 0 radical (unpaired) electrons. The normalized spacial score (nSPS) is 18.0. The summed E-state index contributed by atoms with van der Waals surface area (Å²) in [6.07, 6.45) is 13.2. The molecule has 12 heterocycles. The SMILES string of the molecule is C[C@H]1CC[C@H](c2ccc3[nH]c(=O)ccc3c2)NC1.Cc1cc(NC(=O)C(=O)N2C[C@@H](C)CC[C@@H]2c2ccc3[nH]c(=O)ccc3c2)cnc1CC(=O)OC(C)(C)C.Cc1cc(NC(=O)C(=O)N2C[C@@H](C)CC[C@@H]2c2ccc3[nH]c(=O)ccc3c2)cnc1N.Cc1cc(NC(=O)C(=O)N2C[C@@H](C)CC[C@@H]2c2ccc3[nH]c(=O)ccc3c2)cnc1N.Cc1cc(NC(=O)C(=O)O)cnc1CC(=O)OC(C)(C)C. The summed E-state index contributed by atoms with van der Waals surface area (Å²) in [5.41, 5.74) is 22.4. The Morgan fingerprint density at radius 2 is 0.662 bits per heavy atom. The summed E-state index contributed by atoms with van der Waals surface area (Å²) in [4.78, 5) is 202. The number of piperidine rings is 4. The predicted octanol–water partition coefficient (Wildman–Crippen LogP) is 13.4. The molecule has 0 aliphatic carbocycles. The van der Waals surface area contributed by atoms with E-state index >= 15 is 0 Å². The van der Waals surface area contributed by atoms with Crippen molar-refractivity contribution in [1.82, 2.24) is 59.9 Å². The van der Waals surface area contributed by atoms with Gasteiger partial charge in [0.1, 0.15) is 22.8 Å². The van der Waals surface area contributed by atoms with Crippen molar-refractivity contribution in [3.8, 4) is 0 Å². The molecule has 8 atom stereocenters. The number of amides is 7. The minimum Gasteiger partial charge on any atom is -0.474 e. The second-order valence-electron chi connectivity index (χ2n) is 38.3. The fourth-order valence-electron chi connectivity index (χ4n) is 17.2. The van der Waals surface area contributed by atoms with Crippen molar-refractivity contribution in [3.05, 3.63) is 268 Å². The Labute approximate surface area is 802 Å². The highest BCUT2D eigenvalue weighted by atomic mass is 16.6. The molecule has 728 valence electrons. The van der Waals surface area contributed by atoms with Crippen molar-refractivity contribution in [2.45, 2.75) is 197 Å². The molecule has 4 fully saturated rings. The summed E-state index contributed by atoms with van der Waals surface area (Å²) in [5.74, 6) is -5.02. The molecule has 0 bridgehead atoms. The Morgan fingerprint density at radius 3 is 0.950 bits per heavy atom. The number of esters is 2. The monoisotopic (exact) mass is 1890 g/mol. The number of nitrogen functional groups attached to an aromatic ring is 2. The number of ether oxygens (including phenoxy) is 2. The molecule has 12 aromatic rings. The summed E-state index contributed by atoms with van der Waals surface area (Å²) in [6.45, 7) is 28.9. The fourth-order valence-corrected chi connectivity index (χ4v) is 17.2. The van der Waals surface area contributed by atoms with E-state index in [2.05, 4.69) is 106 Å². The van der Waals surface area contributed by atoms with E-state index in [9.17, 15) is 67.1 Å². The van der Waals surface area contributed by atoms with Crippen LogP contribution >= 0.6 is 0 Å². The van der Waals surface area contributed by atoms with Crippen LogP contribution in [-0.4, -0.2) is 156 Å². The zero-order chi connectivity index (χ0) is 101. The summed E-state index contributed by atoms with van der Waals surface area (Å²) in [7, 11) is 0. The maximum atomic E-state index is 13.4. The third kappa shape index (κ3) is 28.2. The van der Waals surface area contributed by atoms with Gasteiger partial charge >= 0.3 is 59.3 Å². The molecule has 16 rings (SSSR count). The number of nitrogens with two attached hydrogens (primary N) is 2. The van der Waals surface area contributed by atoms with Gasteiger partial charge < -0.3 is 87.3 Å². The van der Waals surface area contributed by atoms with E-state index in [0.29, 0.717) is 88.7 Å². The van der Waals surface area contributed by atoms with Gasteiger partial charge in [-0.1, -0.05) is 52.0 Å². The Bertz CT molecular complexity index is 6720. The largest absolute Gasteiger partial charge is 0.474 e. The molecule has 7 amide bonds. The third-order valence-corrected chi connectivity index (χ3v) is 24.3. The maximum absolute atomic E-state index is 13.4. The van der Waals surface area contributed by atoms with Crippen LogP contribution in [0.5, 0.6) is 0 Å². The van der Waals surface area contributed by atoms with E-state index in [1.165, 1.54) is 61.4 Å². The smallest absolute Gasteiger partial charge is 0.394 e. The first-order chi connectivity index (χ1) is 65.8. The molecule has 4 aromatic carbocycles. The lowest BCUT2D eigenvalue weighted by molar-refractivity contribution is -0.155. The highest BCUT2D eigenvalue weighted by molar-refractivity contribution is 6.41. The van der Waals surface area contributed by atoms with Gasteiger partial charge in [-0.15, -0.1) is 0 Å². The second kappa shape index (κ2) is 45.0. The van der Waals surface area contributed by atoms with Gasteiger partial charge in [0.25, 0.3) is 0 Å². The van der Waals surface area contributed by atoms with Gasteiger partial charge in [-0.3, -0.25) is 72.3 Å². The van der Waals surface area contributed by atoms with E-state index < -0.39 is 64.5 Å². The number of pyridine rings is 8. The molecule has 8 aromatic heterocycles. The highest BCUT2D eigenvalue weighted by Crippen LogP contribution is 2.39. The number of anilines is 6. The lowest BCUT2D eigenvalue weighted by Crippen LogP contribution is -2.46. The highest BCUT2D eigenvalue weighted by Gasteiger charge is 2.39. The van der Waals surface area contributed by atoms with Crippen molar-refractivity contribution >= 4 is 137 Å². The summed E-state index contributed by atoms with van der Waals surface area (Å²) in [6, 6.07) is 43.0. The van der Waals surface area contributed by atoms with Crippen molar-refractivity contribution in [2.24, 2.45) is 23.7 Å². The average molecular weight is 1890 g/mol. The second-order valence-corrected chi connectivity index (χ2v) is 38.3. The molecular weight excluding hydrogens is 1770 g/mol. The number of carboxylic acids is 1. The van der Waals surface area contributed by atoms with Crippen LogP contribution in [0.15, 0.2) is 190 Å². The van der Waals surface area contributed by atoms with Crippen LogP contribution in [0.25, 0.3) is 43.6 Å². The van der Waals surface area contributed by atoms with E-state index in [1.54, 1.807) is 132 Å². The Kier molecular flexibility index (Phi) is 33.2. The molecule has 35 heteroatoms. The number of aryl methyl sites for hydroxylation is 4. The number of carboxylic acid groups (broad SMARTS) is 1. The molecule has 14 N–H and O–H groups in total. The number of aromatic amines is 4. The Balaban J connectivity index is 0.000000159. The minimum atomic E-state index is -1.58. The van der Waals surface area contributed by atoms with E-state index in [4.69, 9.17) is 26.0 Å². The maximum Gasteiger partial charge on any atom is 0.394 e. The number of hydrogen-bond acceptors (Lipinski definition) is 23. The molecule has 0 spiro atoms. The molecule has 4 aliphatic heterocycles. The lowest BCUT2D eigenvalue weighted by Gasteiger charge is -2.38. The summed E-state index contributed by atoms with van der Waals surface area (Å²) >= 11 is 0. The van der Waals surface area contributed by atoms with Gasteiger partial charge in [0.15, 0.2) is 0 Å². The van der Waals surface area contributed by atoms with Crippen molar-refractivity contribution in [1.29, 1.82) is 0 Å². The Hall–Kier alpha value is -15.4. The number of nitrogens with zero attached hydrogens (tertiary/aromatic N) is 7. The quantitative estimate of drug-likeness (QED) is 0.0399. The number of aromatic nitrogens is 8. The number of H-pyrrole nitrogens is 4. The van der Waals surface area contributed by atoms with Gasteiger partial charge in [-0.05, 0) is 314 Å². The van der Waals surface area contributed by atoms with Crippen LogP contribution in [0, 0.1) is 51.4 Å². The van der Waals surface area contributed by atoms with Crippen molar-refractivity contribution in [3.63, 3.8) is 0 Å². The van der Waals surface area contributed by atoms with Gasteiger partial charge in [-0.2, -0.15) is 0 Å². The average Bonchev–Trinajstić information content (AvgIpc) is 0.791. The summed E-state index contributed by atoms with van der Waals surface area (Å²) in [5, 5.41) is 26.0. The molecule has 0 saturated carbocycles. The molecule has 4 aliphatic rings. The van der Waals surface area contributed by atoms with Crippen LogP contribution in [0.3, 0.4) is 0 Å². The number of fused-ring (bicyclic) bond motifs is 4. The van der Waals surface area contributed by atoms with E-state index in [0.717, 1.165) is 122 Å². The van der Waals surface area contributed by atoms with E-state index in [1.807, 2.05) is 66.7 Å². The zero-order valence-corrected chi connectivity index (χ0v) is 80.4. The molecule has 4 saturated heterocycles. The number of benzene rings is 4. The molecular formula is C104H120N18O17. The number of likely N-dealkylation sites (tertiary alicyclic amines) is 3. The number of rotatable bonds is 12. The fraction of sp³-hybridized carbons (Fsp3) is 0.365. The third-order valence-electron chi connectivity index (χ3n) is 24.3. The number of nitrogens with one attached hydrogen (secondary N) is 9. The van der Waals surface area contributed by atoms with Crippen LogP contribution in [0.4, 0.5) is 34.4 Å². The number of hydrogen-bond donors (Lipinski definition) is 12. The first-order valence-electron chi connectivity index (χ1n) is 46.3. The van der Waals surface area contributed by atoms with Gasteiger partial charge in [0.05, 0.1) is 89.9 Å². The topological polar surface area (TPSA) is 514 Å². The van der Waals surface area contributed by atoms with E-state index in [-0.39, 0.29) is 70.8 Å². The standard InChI is InChI=1S/C29H34N4O5.2C23H25N5O3.C15H18N2O.C14H18N2O5/c1-17-6-10-24(20-7-9-22-19(13-20)8-11-25(34)32-22)33(16-17)28(37)27(36)31-21-12-18(2)23(30-15-21)14-26(35)38-29(3,4)5;2*1-13-3-7-19(16-4-6-18-15(10-16)5-8-20(29)27-18)28(12-13)23(31)22(30)26-17-9-14(2)21(24)25-11-17;1-10-2-5-13(16-9-10)11-3-6-14-12(8-11)4-7-15(18)17-14;1-8-5-9(16-12(18)13(19)20)7-15-10(8)6-11(17)21-14(2,3)4/h7-9,11-13,15,17,24H,6,10,14,16H2,1-5H3,(H,31,36)(H,32,34);2*4-6,8-11,13,19H,3,7,12H2,1-2H3,(H2,24,25)(H,26,30)(H,27,29);3-4,6-8,10,13,16H,2,5,9H2,1H3,(H,17,18);5,7H,6H2,1-4H3,(H,16,18)(H,19,20)/t17-,24+;2*13-,19+;10-,13+;/m0000./s1. The number of carbonyl (C=O) groups is 10. The summed E-state index contributed by atoms with van der Waals surface area (Å²) < 4.78 is 10.6. The van der Waals surface area contributed by atoms with Crippen LogP contribution in [-0.2, 0) is 70.3 Å². The first-order valence-corrected chi connectivity index (χ1v) is 46.3. The lowest BCUT2D eigenvalue weighted by atomic mass is 9.89. The number of carbonyl (C=O) groups excluding carboxylic acids is 9. The van der Waals surface area contributed by atoms with Crippen molar-refractivity contribution in [2.75, 3.05) is 58.9 Å². The predicted molar refractivity (Wildman–Crippen MR) is 532 cm³/mol. The van der Waals surface area contributed by atoms with Crippen LogP contribution in [0.1, 0.15) is 201 Å². The van der Waals surface area contributed by atoms with Gasteiger partial charge in [-0.25, -0.2) is 14.8 Å². The number of aliphatic carboxylic acids is 1. The molecule has 0 unspecified atom stereocenters. The van der Waals surface area contributed by atoms with Gasteiger partial charge in [0.2, 0.25) is 22.2 Å². The molecule has 139 heavy (non-hydrogen) atoms. The van der Waals surface area contributed by atoms with Crippen LogP contribution in [0.2, 0.25) is 0 Å². The van der Waals surface area contributed by atoms with Crippen LogP contribution < -0.4 is 60.3 Å².